The van der Waals surface area contributed by atoms with E-state index < -0.39 is 23.4 Å². The molecule has 0 aliphatic rings. The van der Waals surface area contributed by atoms with Crippen LogP contribution in [-0.2, 0) is 10.9 Å². The smallest absolute Gasteiger partial charge is 0.434 e. The summed E-state index contributed by atoms with van der Waals surface area (Å²) in [5.41, 5.74) is -2.16. The van der Waals surface area contributed by atoms with Gasteiger partial charge in [-0.1, -0.05) is 11.6 Å². The Labute approximate surface area is 116 Å². The molecule has 2 aromatic rings. The van der Waals surface area contributed by atoms with Gasteiger partial charge in [-0.05, 0) is 25.1 Å². The maximum absolute atomic E-state index is 12.9. The molecular formula is C12H8ClF3N2O2. The van der Waals surface area contributed by atoms with Gasteiger partial charge in [-0.3, -0.25) is 0 Å². The summed E-state index contributed by atoms with van der Waals surface area (Å²) in [5, 5.41) is 0.285. The number of carbonyl (C=O) groups is 1. The van der Waals surface area contributed by atoms with Gasteiger partial charge in [0.05, 0.1) is 12.2 Å². The van der Waals surface area contributed by atoms with E-state index in [0.717, 1.165) is 6.07 Å². The van der Waals surface area contributed by atoms with E-state index in [1.165, 1.54) is 19.1 Å². The summed E-state index contributed by atoms with van der Waals surface area (Å²) < 4.78 is 43.5. The van der Waals surface area contributed by atoms with E-state index in [0.29, 0.717) is 0 Å². The highest BCUT2D eigenvalue weighted by Crippen LogP contribution is 2.32. The molecule has 2 rings (SSSR count). The summed E-state index contributed by atoms with van der Waals surface area (Å²) in [7, 11) is 0. The van der Waals surface area contributed by atoms with Crippen molar-refractivity contribution in [3.05, 3.63) is 34.6 Å². The molecular weight excluding hydrogens is 297 g/mol. The van der Waals surface area contributed by atoms with E-state index >= 15 is 0 Å². The van der Waals surface area contributed by atoms with Crippen molar-refractivity contribution in [2.45, 2.75) is 13.1 Å². The van der Waals surface area contributed by atoms with Crippen LogP contribution in [0.1, 0.15) is 23.0 Å². The molecule has 0 fully saturated rings. The summed E-state index contributed by atoms with van der Waals surface area (Å²) in [6.07, 6.45) is -4.79. The fourth-order valence-electron chi connectivity index (χ4n) is 1.61. The Morgan fingerprint density at radius 1 is 1.35 bits per heavy atom. The van der Waals surface area contributed by atoms with Crippen LogP contribution in [0, 0.1) is 0 Å². The van der Waals surface area contributed by atoms with Gasteiger partial charge in [0, 0.05) is 5.39 Å². The van der Waals surface area contributed by atoms with Crippen LogP contribution in [0.4, 0.5) is 13.2 Å². The third kappa shape index (κ3) is 2.82. The van der Waals surface area contributed by atoms with Crippen molar-refractivity contribution in [1.29, 1.82) is 0 Å². The molecule has 0 aromatic carbocycles. The molecule has 0 N–H and O–H groups in total. The molecule has 4 nitrogen and oxygen atoms in total. The molecule has 0 saturated carbocycles. The highest BCUT2D eigenvalue weighted by atomic mass is 35.5. The van der Waals surface area contributed by atoms with Crippen LogP contribution in [0.3, 0.4) is 0 Å². The van der Waals surface area contributed by atoms with E-state index in [-0.39, 0.29) is 22.8 Å². The standard InChI is InChI=1S/C12H8ClF3N2O2/c1-2-20-11(19)7-5-6-3-4-8(13)17-10(6)18-9(7)12(14,15)16/h3-5H,2H2,1H3. The summed E-state index contributed by atoms with van der Waals surface area (Å²) in [5.74, 6) is -1.08. The monoisotopic (exact) mass is 304 g/mol. The minimum Gasteiger partial charge on any atom is -0.462 e. The first-order valence-corrected chi connectivity index (χ1v) is 5.92. The van der Waals surface area contributed by atoms with Gasteiger partial charge >= 0.3 is 12.1 Å². The minimum absolute atomic E-state index is 0.0157. The zero-order valence-corrected chi connectivity index (χ0v) is 10.9. The zero-order chi connectivity index (χ0) is 14.9. The number of hydrogen-bond donors (Lipinski definition) is 0. The van der Waals surface area contributed by atoms with Crippen LogP contribution in [-0.4, -0.2) is 22.5 Å². The SMILES string of the molecule is CCOC(=O)c1cc2ccc(Cl)nc2nc1C(F)(F)F. The maximum Gasteiger partial charge on any atom is 0.434 e. The number of rotatable bonds is 2. The lowest BCUT2D eigenvalue weighted by molar-refractivity contribution is -0.141. The Hall–Kier alpha value is -1.89. The summed E-state index contributed by atoms with van der Waals surface area (Å²) >= 11 is 5.61. The fraction of sp³-hybridized carbons (Fsp3) is 0.250. The van der Waals surface area contributed by atoms with Crippen LogP contribution in [0.15, 0.2) is 18.2 Å². The Kier molecular flexibility index (Phi) is 3.80. The molecule has 0 atom stereocenters. The number of nitrogens with zero attached hydrogens (tertiary/aromatic N) is 2. The number of ether oxygens (including phenoxy) is 1. The van der Waals surface area contributed by atoms with Crippen LogP contribution >= 0.6 is 11.6 Å². The van der Waals surface area contributed by atoms with E-state index in [9.17, 15) is 18.0 Å². The molecule has 0 amide bonds. The fourth-order valence-corrected chi connectivity index (χ4v) is 1.75. The zero-order valence-electron chi connectivity index (χ0n) is 10.2. The lowest BCUT2D eigenvalue weighted by atomic mass is 10.1. The number of pyridine rings is 2. The van der Waals surface area contributed by atoms with Gasteiger partial charge in [-0.2, -0.15) is 13.2 Å². The van der Waals surface area contributed by atoms with Gasteiger partial charge in [-0.25, -0.2) is 14.8 Å². The molecule has 106 valence electrons. The van der Waals surface area contributed by atoms with Gasteiger partial charge < -0.3 is 4.74 Å². The van der Waals surface area contributed by atoms with Gasteiger partial charge in [-0.15, -0.1) is 0 Å². The molecule has 2 heterocycles. The number of halogens is 4. The van der Waals surface area contributed by atoms with Gasteiger partial charge in [0.15, 0.2) is 11.3 Å². The predicted octanol–water partition coefficient (Wildman–Crippen LogP) is 3.48. The predicted molar refractivity (Wildman–Crippen MR) is 65.5 cm³/mol. The first kappa shape index (κ1) is 14.5. The van der Waals surface area contributed by atoms with Crippen molar-refractivity contribution in [2.75, 3.05) is 6.61 Å². The Bertz CT molecular complexity index is 674. The maximum atomic E-state index is 12.9. The number of fused-ring (bicyclic) bond motifs is 1. The average molecular weight is 305 g/mol. The number of esters is 1. The van der Waals surface area contributed by atoms with E-state index in [1.807, 2.05) is 0 Å². The lowest BCUT2D eigenvalue weighted by Crippen LogP contribution is -2.17. The number of aromatic nitrogens is 2. The van der Waals surface area contributed by atoms with Crippen LogP contribution < -0.4 is 0 Å². The van der Waals surface area contributed by atoms with Crippen LogP contribution in [0.2, 0.25) is 5.15 Å². The van der Waals surface area contributed by atoms with Crippen molar-refractivity contribution >= 4 is 28.6 Å². The Morgan fingerprint density at radius 2 is 2.05 bits per heavy atom. The average Bonchev–Trinajstić information content (AvgIpc) is 2.36. The van der Waals surface area contributed by atoms with Gasteiger partial charge in [0.2, 0.25) is 0 Å². The first-order chi connectivity index (χ1) is 9.32. The highest BCUT2D eigenvalue weighted by Gasteiger charge is 2.38. The van der Waals surface area contributed by atoms with Crippen molar-refractivity contribution in [3.8, 4) is 0 Å². The third-order valence-corrected chi connectivity index (χ3v) is 2.62. The van der Waals surface area contributed by atoms with Crippen molar-refractivity contribution in [3.63, 3.8) is 0 Å². The molecule has 2 aromatic heterocycles. The van der Waals surface area contributed by atoms with Crippen molar-refractivity contribution in [1.82, 2.24) is 9.97 Å². The summed E-state index contributed by atoms with van der Waals surface area (Å²) in [6.45, 7) is 1.47. The van der Waals surface area contributed by atoms with E-state index in [2.05, 4.69) is 14.7 Å². The number of hydrogen-bond acceptors (Lipinski definition) is 4. The molecule has 0 radical (unpaired) electrons. The van der Waals surface area contributed by atoms with Crippen LogP contribution in [0.25, 0.3) is 11.0 Å². The summed E-state index contributed by atoms with van der Waals surface area (Å²) in [4.78, 5) is 18.7. The highest BCUT2D eigenvalue weighted by molar-refractivity contribution is 6.29. The normalized spacial score (nSPS) is 11.7. The third-order valence-electron chi connectivity index (χ3n) is 2.41. The number of carbonyl (C=O) groups excluding carboxylic acids is 1. The molecule has 0 aliphatic carbocycles. The second-order valence-corrected chi connectivity index (χ2v) is 4.17. The second kappa shape index (κ2) is 5.24. The second-order valence-electron chi connectivity index (χ2n) is 3.78. The molecule has 8 heteroatoms. The topological polar surface area (TPSA) is 52.1 Å². The van der Waals surface area contributed by atoms with E-state index in [1.54, 1.807) is 0 Å². The minimum atomic E-state index is -4.79. The number of alkyl halides is 3. The molecule has 0 aliphatic heterocycles. The lowest BCUT2D eigenvalue weighted by Gasteiger charge is -2.12. The van der Waals surface area contributed by atoms with Crippen molar-refractivity contribution < 1.29 is 22.7 Å². The molecule has 0 unspecified atom stereocenters. The molecule has 20 heavy (non-hydrogen) atoms. The van der Waals surface area contributed by atoms with Crippen molar-refractivity contribution in [2.24, 2.45) is 0 Å². The van der Waals surface area contributed by atoms with Gasteiger partial charge in [0.1, 0.15) is 5.15 Å². The first-order valence-electron chi connectivity index (χ1n) is 5.54. The molecule has 0 saturated heterocycles. The summed E-state index contributed by atoms with van der Waals surface area (Å²) in [6, 6.07) is 3.88. The van der Waals surface area contributed by atoms with Gasteiger partial charge in [0.25, 0.3) is 0 Å². The van der Waals surface area contributed by atoms with E-state index in [4.69, 9.17) is 11.6 Å². The Balaban J connectivity index is 2.70. The quantitative estimate of drug-likeness (QED) is 0.629. The molecule has 0 bridgehead atoms. The Morgan fingerprint density at radius 3 is 2.65 bits per heavy atom. The van der Waals surface area contributed by atoms with Crippen LogP contribution in [0.5, 0.6) is 0 Å². The molecule has 0 spiro atoms. The largest absolute Gasteiger partial charge is 0.462 e.